The highest BCUT2D eigenvalue weighted by atomic mass is 31.2. The summed E-state index contributed by atoms with van der Waals surface area (Å²) in [6.45, 7) is 3.14. The molecule has 1 saturated heterocycles. The molecule has 0 spiro atoms. The van der Waals surface area contributed by atoms with Crippen molar-refractivity contribution in [2.24, 2.45) is 4.99 Å². The second kappa shape index (κ2) is 7.05. The minimum absolute atomic E-state index is 0.0147. The average Bonchev–Trinajstić information content (AvgIpc) is 3.15. The molecule has 0 amide bonds. The summed E-state index contributed by atoms with van der Waals surface area (Å²) in [5, 5.41) is 6.21. The molecule has 140 valence electrons. The standard InChI is InChI=1S/C14H24N5O5P/c1-8-12-13(18-14(15-2)17-8)19(7-16-12)11-5-9(22-3)10(24-11)6-23-25(4,20)21/h7-11H,5-6H2,1-4H3,(H,20,21)(H2,15,17,18)/t8?,9-,10?,11-/m1/s1. The third-order valence-corrected chi connectivity index (χ3v) is 4.91. The first kappa shape index (κ1) is 18.3. The van der Waals surface area contributed by atoms with E-state index < -0.39 is 13.7 Å². The number of imidazole rings is 1. The first-order chi connectivity index (χ1) is 11.8. The number of aromatic nitrogens is 2. The van der Waals surface area contributed by atoms with Gasteiger partial charge < -0.3 is 29.5 Å². The Bertz CT molecular complexity index is 702. The van der Waals surface area contributed by atoms with Crippen LogP contribution in [-0.4, -0.2) is 60.0 Å². The molecule has 10 nitrogen and oxygen atoms in total. The molecule has 2 aliphatic rings. The van der Waals surface area contributed by atoms with E-state index in [4.69, 9.17) is 14.0 Å². The van der Waals surface area contributed by atoms with Gasteiger partial charge in [0.25, 0.3) is 0 Å². The molecule has 3 N–H and O–H groups in total. The molecule has 0 aliphatic carbocycles. The van der Waals surface area contributed by atoms with Crippen LogP contribution in [0, 0.1) is 0 Å². The number of rotatable bonds is 5. The maximum Gasteiger partial charge on any atom is 0.325 e. The van der Waals surface area contributed by atoms with Crippen LogP contribution in [0.5, 0.6) is 0 Å². The van der Waals surface area contributed by atoms with Crippen LogP contribution in [0.25, 0.3) is 0 Å². The Morgan fingerprint density at radius 2 is 2.36 bits per heavy atom. The fourth-order valence-electron chi connectivity index (χ4n) is 3.02. The molecule has 3 rings (SSSR count). The molecule has 1 fully saturated rings. The molecular weight excluding hydrogens is 349 g/mol. The predicted molar refractivity (Wildman–Crippen MR) is 91.0 cm³/mol. The zero-order valence-corrected chi connectivity index (χ0v) is 15.6. The first-order valence-corrected chi connectivity index (χ1v) is 10.1. The number of nitrogens with one attached hydrogen (secondary N) is 2. The molecular formula is C14H24N5O5P. The zero-order valence-electron chi connectivity index (χ0n) is 14.7. The van der Waals surface area contributed by atoms with Gasteiger partial charge >= 0.3 is 7.60 Å². The summed E-state index contributed by atoms with van der Waals surface area (Å²) in [4.78, 5) is 18.3. The molecule has 3 unspecified atom stereocenters. The topological polar surface area (TPSA) is 119 Å². The van der Waals surface area contributed by atoms with Crippen LogP contribution in [0.15, 0.2) is 11.3 Å². The van der Waals surface area contributed by atoms with Gasteiger partial charge in [-0.05, 0) is 6.92 Å². The smallest absolute Gasteiger partial charge is 0.325 e. The Hall–Kier alpha value is -1.45. The summed E-state index contributed by atoms with van der Waals surface area (Å²) in [6.07, 6.45) is 1.24. The van der Waals surface area contributed by atoms with Crippen LogP contribution in [0.3, 0.4) is 0 Å². The highest BCUT2D eigenvalue weighted by Gasteiger charge is 2.39. The van der Waals surface area contributed by atoms with Gasteiger partial charge in [0.1, 0.15) is 18.0 Å². The average molecular weight is 373 g/mol. The molecule has 11 heteroatoms. The maximum absolute atomic E-state index is 11.4. The maximum atomic E-state index is 11.4. The van der Waals surface area contributed by atoms with Gasteiger partial charge in [-0.2, -0.15) is 4.99 Å². The molecule has 25 heavy (non-hydrogen) atoms. The Kier molecular flexibility index (Phi) is 5.17. The van der Waals surface area contributed by atoms with Crippen LogP contribution < -0.4 is 10.6 Å². The Morgan fingerprint density at radius 1 is 1.60 bits per heavy atom. The van der Waals surface area contributed by atoms with Crippen molar-refractivity contribution in [3.05, 3.63) is 12.0 Å². The van der Waals surface area contributed by atoms with Gasteiger partial charge in [0.2, 0.25) is 0 Å². The van der Waals surface area contributed by atoms with E-state index in [0.29, 0.717) is 12.4 Å². The number of nitrogens with zero attached hydrogens (tertiary/aromatic N) is 3. The van der Waals surface area contributed by atoms with Crippen molar-refractivity contribution >= 4 is 19.4 Å². The summed E-state index contributed by atoms with van der Waals surface area (Å²) >= 11 is 0. The molecule has 3 heterocycles. The van der Waals surface area contributed by atoms with Crippen molar-refractivity contribution in [1.29, 1.82) is 0 Å². The Morgan fingerprint density at radius 3 is 3.00 bits per heavy atom. The van der Waals surface area contributed by atoms with Crippen molar-refractivity contribution in [1.82, 2.24) is 20.2 Å². The molecule has 0 radical (unpaired) electrons. The van der Waals surface area contributed by atoms with E-state index in [0.717, 1.165) is 18.2 Å². The number of guanidine groups is 1. The van der Waals surface area contributed by atoms with Crippen LogP contribution in [-0.2, 0) is 18.6 Å². The van der Waals surface area contributed by atoms with Gasteiger partial charge in [-0.3, -0.25) is 9.13 Å². The van der Waals surface area contributed by atoms with Gasteiger partial charge in [-0.1, -0.05) is 0 Å². The second-order valence-corrected chi connectivity index (χ2v) is 8.04. The van der Waals surface area contributed by atoms with E-state index >= 15 is 0 Å². The third kappa shape index (κ3) is 3.88. The summed E-state index contributed by atoms with van der Waals surface area (Å²) in [5.74, 6) is 1.38. The molecule has 5 atom stereocenters. The number of ether oxygens (including phenoxy) is 2. The van der Waals surface area contributed by atoms with Gasteiger partial charge in [0.15, 0.2) is 11.8 Å². The molecule has 0 bridgehead atoms. The molecule has 0 saturated carbocycles. The van der Waals surface area contributed by atoms with Crippen molar-refractivity contribution in [2.75, 3.05) is 27.4 Å². The monoisotopic (exact) mass is 373 g/mol. The predicted octanol–water partition coefficient (Wildman–Crippen LogP) is 0.888. The quantitative estimate of drug-likeness (QED) is 0.651. The SMILES string of the molecule is CNC1=Nc2c(ncn2[C@H]2C[C@@H](OC)C(COP(C)(=O)O)O2)C(C)N1. The van der Waals surface area contributed by atoms with Crippen molar-refractivity contribution in [3.63, 3.8) is 0 Å². The number of fused-ring (bicyclic) bond motifs is 1. The van der Waals surface area contributed by atoms with E-state index in [2.05, 4.69) is 20.6 Å². The lowest BCUT2D eigenvalue weighted by Crippen LogP contribution is -2.38. The van der Waals surface area contributed by atoms with Crippen LogP contribution in [0.1, 0.15) is 31.3 Å². The third-order valence-electron chi connectivity index (χ3n) is 4.28. The normalized spacial score (nSPS) is 31.0. The molecule has 0 aromatic carbocycles. The van der Waals surface area contributed by atoms with E-state index in [-0.39, 0.29) is 25.0 Å². The summed E-state index contributed by atoms with van der Waals surface area (Å²) < 4.78 is 29.7. The number of methoxy groups -OCH3 is 1. The number of hydrogen-bond donors (Lipinski definition) is 3. The van der Waals surface area contributed by atoms with Crippen molar-refractivity contribution in [3.8, 4) is 0 Å². The minimum Gasteiger partial charge on any atom is -0.378 e. The fraction of sp³-hybridized carbons (Fsp3) is 0.714. The van der Waals surface area contributed by atoms with Crippen LogP contribution >= 0.6 is 7.60 Å². The Labute approximate surface area is 146 Å². The highest BCUT2D eigenvalue weighted by Crippen LogP contribution is 2.40. The fourth-order valence-corrected chi connectivity index (χ4v) is 3.44. The lowest BCUT2D eigenvalue weighted by atomic mass is 10.2. The first-order valence-electron chi connectivity index (χ1n) is 8.05. The van der Waals surface area contributed by atoms with E-state index in [9.17, 15) is 9.46 Å². The summed E-state index contributed by atoms with van der Waals surface area (Å²) in [5.41, 5.74) is 0.838. The number of aliphatic imine (C=N–C) groups is 1. The lowest BCUT2D eigenvalue weighted by Gasteiger charge is -2.22. The van der Waals surface area contributed by atoms with Gasteiger partial charge in [-0.25, -0.2) is 4.98 Å². The van der Waals surface area contributed by atoms with Crippen LogP contribution in [0.4, 0.5) is 5.82 Å². The van der Waals surface area contributed by atoms with Gasteiger partial charge in [0, 0.05) is 27.2 Å². The zero-order chi connectivity index (χ0) is 18.2. The molecule has 1 aromatic heterocycles. The molecule has 1 aromatic rings. The largest absolute Gasteiger partial charge is 0.378 e. The minimum atomic E-state index is -3.57. The molecule has 2 aliphatic heterocycles. The van der Waals surface area contributed by atoms with Gasteiger partial charge in [-0.15, -0.1) is 0 Å². The second-order valence-electron chi connectivity index (χ2n) is 6.17. The summed E-state index contributed by atoms with van der Waals surface area (Å²) in [7, 11) is -0.189. The van der Waals surface area contributed by atoms with Crippen LogP contribution in [0.2, 0.25) is 0 Å². The van der Waals surface area contributed by atoms with E-state index in [1.54, 1.807) is 20.5 Å². The number of hydrogen-bond acceptors (Lipinski definition) is 8. The Balaban J connectivity index is 1.80. The van der Waals surface area contributed by atoms with E-state index in [1.807, 2.05) is 11.5 Å². The van der Waals surface area contributed by atoms with Gasteiger partial charge in [0.05, 0.1) is 25.1 Å². The van der Waals surface area contributed by atoms with Crippen molar-refractivity contribution < 1.29 is 23.5 Å². The van der Waals surface area contributed by atoms with E-state index in [1.165, 1.54) is 0 Å². The summed E-state index contributed by atoms with van der Waals surface area (Å²) in [6, 6.07) is 0.0234. The lowest BCUT2D eigenvalue weighted by molar-refractivity contribution is -0.0481. The highest BCUT2D eigenvalue weighted by molar-refractivity contribution is 7.51. The van der Waals surface area contributed by atoms with Crippen molar-refractivity contribution in [2.45, 2.75) is 37.8 Å².